The molecule has 1 amide bonds. The molecule has 4 rings (SSSR count). The van der Waals surface area contributed by atoms with Crippen molar-refractivity contribution in [3.8, 4) is 0 Å². The van der Waals surface area contributed by atoms with E-state index in [4.69, 9.17) is 10.5 Å². The largest absolute Gasteiger partial charge is 0.436 e. The summed E-state index contributed by atoms with van der Waals surface area (Å²) in [7, 11) is 0. The van der Waals surface area contributed by atoms with Crippen molar-refractivity contribution >= 4 is 5.91 Å². The van der Waals surface area contributed by atoms with Crippen molar-refractivity contribution in [2.45, 2.75) is 12.5 Å². The summed E-state index contributed by atoms with van der Waals surface area (Å²) in [6.45, 7) is 0.973. The lowest BCUT2D eigenvalue weighted by Gasteiger charge is -2.21. The summed E-state index contributed by atoms with van der Waals surface area (Å²) in [6, 6.07) is 16.0. The molecule has 0 aromatic heterocycles. The van der Waals surface area contributed by atoms with Crippen molar-refractivity contribution in [2.24, 2.45) is 5.73 Å². The topological polar surface area (TPSA) is 55.6 Å². The maximum Gasteiger partial charge on any atom is 0.290 e. The second kappa shape index (κ2) is 6.09. The van der Waals surface area contributed by atoms with Gasteiger partial charge >= 0.3 is 0 Å². The molecule has 4 nitrogen and oxygen atoms in total. The molecule has 1 atom stereocenters. The smallest absolute Gasteiger partial charge is 0.290 e. The number of nitrogens with zero attached hydrogens (tertiary/aromatic N) is 1. The first-order valence-electron chi connectivity index (χ1n) is 8.08. The van der Waals surface area contributed by atoms with Gasteiger partial charge in [-0.3, -0.25) is 4.79 Å². The van der Waals surface area contributed by atoms with Gasteiger partial charge < -0.3 is 15.4 Å². The number of hydrogen-bond acceptors (Lipinski definition) is 3. The lowest BCUT2D eigenvalue weighted by atomic mass is 9.89. The number of allylic oxidation sites excluding steroid dienone is 1. The van der Waals surface area contributed by atoms with Crippen LogP contribution in [0, 0.1) is 5.82 Å². The second-order valence-electron chi connectivity index (χ2n) is 6.20. The Kier molecular flexibility index (Phi) is 3.76. The zero-order chi connectivity index (χ0) is 17.4. The van der Waals surface area contributed by atoms with Gasteiger partial charge in [0, 0.05) is 24.6 Å². The van der Waals surface area contributed by atoms with Crippen LogP contribution >= 0.6 is 0 Å². The van der Waals surface area contributed by atoms with Crippen LogP contribution in [0.4, 0.5) is 4.39 Å². The predicted molar refractivity (Wildman–Crippen MR) is 91.4 cm³/mol. The zero-order valence-corrected chi connectivity index (χ0v) is 13.5. The number of ether oxygens (including phenoxy) is 1. The van der Waals surface area contributed by atoms with Gasteiger partial charge in [0.2, 0.25) is 0 Å². The number of amides is 1. The van der Waals surface area contributed by atoms with Crippen LogP contribution in [0.2, 0.25) is 0 Å². The molecule has 2 aromatic rings. The van der Waals surface area contributed by atoms with Gasteiger partial charge in [-0.2, -0.15) is 0 Å². The average molecular weight is 336 g/mol. The minimum atomic E-state index is -0.296. The quantitative estimate of drug-likeness (QED) is 0.937. The van der Waals surface area contributed by atoms with Crippen LogP contribution in [0.3, 0.4) is 0 Å². The summed E-state index contributed by atoms with van der Waals surface area (Å²) in [6.07, 6.45) is 1.77. The minimum absolute atomic E-state index is 0.165. The Morgan fingerprint density at radius 2 is 1.84 bits per heavy atom. The highest BCUT2D eigenvalue weighted by atomic mass is 19.1. The van der Waals surface area contributed by atoms with Crippen LogP contribution in [-0.4, -0.2) is 17.4 Å². The fourth-order valence-corrected chi connectivity index (χ4v) is 3.29. The number of nitrogens with two attached hydrogens (primary N) is 1. The fraction of sp³-hybridized carbons (Fsp3) is 0.150. The summed E-state index contributed by atoms with van der Waals surface area (Å²) < 4.78 is 18.7. The molecule has 2 aliphatic rings. The van der Waals surface area contributed by atoms with Gasteiger partial charge in [0.1, 0.15) is 5.82 Å². The molecule has 2 N–H and O–H groups in total. The van der Waals surface area contributed by atoms with Crippen molar-refractivity contribution < 1.29 is 13.9 Å². The molecule has 2 heterocycles. The SMILES string of the molecule is NC1=CC(c2ccc(F)cc2)C2=C(O1)C(=O)N(Cc1ccccc1)C2. The Morgan fingerprint density at radius 3 is 2.56 bits per heavy atom. The molecule has 1 unspecified atom stereocenters. The molecule has 0 radical (unpaired) electrons. The van der Waals surface area contributed by atoms with E-state index in [1.807, 2.05) is 30.3 Å². The normalized spacial score (nSPS) is 19.6. The van der Waals surface area contributed by atoms with E-state index in [-0.39, 0.29) is 23.5 Å². The van der Waals surface area contributed by atoms with Crippen molar-refractivity contribution in [1.29, 1.82) is 0 Å². The molecule has 0 spiro atoms. The minimum Gasteiger partial charge on any atom is -0.436 e. The Bertz CT molecular complexity index is 872. The lowest BCUT2D eigenvalue weighted by molar-refractivity contribution is -0.128. The number of carbonyl (C=O) groups is 1. The van der Waals surface area contributed by atoms with E-state index in [2.05, 4.69) is 0 Å². The highest BCUT2D eigenvalue weighted by Gasteiger charge is 2.38. The Morgan fingerprint density at radius 1 is 1.12 bits per heavy atom. The zero-order valence-electron chi connectivity index (χ0n) is 13.5. The molecule has 0 fully saturated rings. The monoisotopic (exact) mass is 336 g/mol. The molecule has 0 saturated carbocycles. The second-order valence-corrected chi connectivity index (χ2v) is 6.20. The van der Waals surface area contributed by atoms with Gasteiger partial charge in [0.05, 0.1) is 0 Å². The molecule has 2 aliphatic heterocycles. The van der Waals surface area contributed by atoms with Crippen molar-refractivity contribution in [1.82, 2.24) is 4.90 Å². The molecule has 5 heteroatoms. The predicted octanol–water partition coefficient (Wildman–Crippen LogP) is 3.04. The molecule has 126 valence electrons. The third kappa shape index (κ3) is 2.89. The van der Waals surface area contributed by atoms with E-state index in [9.17, 15) is 9.18 Å². The van der Waals surface area contributed by atoms with Crippen molar-refractivity contribution in [3.05, 3.63) is 94.8 Å². The number of hydrogen-bond donors (Lipinski definition) is 1. The van der Waals surface area contributed by atoms with Crippen molar-refractivity contribution in [2.75, 3.05) is 6.54 Å². The molecule has 0 aliphatic carbocycles. The van der Waals surface area contributed by atoms with Crippen LogP contribution < -0.4 is 5.73 Å². The van der Waals surface area contributed by atoms with Crippen LogP contribution in [0.15, 0.2) is 77.9 Å². The van der Waals surface area contributed by atoms with Gasteiger partial charge in [-0.25, -0.2) is 4.39 Å². The van der Waals surface area contributed by atoms with Gasteiger partial charge in [-0.1, -0.05) is 42.5 Å². The van der Waals surface area contributed by atoms with E-state index in [1.54, 1.807) is 23.1 Å². The molecule has 2 aromatic carbocycles. The van der Waals surface area contributed by atoms with E-state index < -0.39 is 0 Å². The Hall–Kier alpha value is -3.08. The average Bonchev–Trinajstić information content (AvgIpc) is 2.92. The first kappa shape index (κ1) is 15.4. The molecular weight excluding hydrogens is 319 g/mol. The van der Waals surface area contributed by atoms with Crippen molar-refractivity contribution in [3.63, 3.8) is 0 Å². The Labute approximate surface area is 145 Å². The third-order valence-corrected chi connectivity index (χ3v) is 4.51. The summed E-state index contributed by atoms with van der Waals surface area (Å²) in [5.74, 6) is -0.153. The number of benzene rings is 2. The molecule has 0 bridgehead atoms. The summed E-state index contributed by atoms with van der Waals surface area (Å²) in [5.41, 5.74) is 8.67. The van der Waals surface area contributed by atoms with Crippen LogP contribution in [0.25, 0.3) is 0 Å². The van der Waals surface area contributed by atoms with Gasteiger partial charge in [0.15, 0.2) is 11.6 Å². The standard InChI is InChI=1S/C20H17FN2O2/c21-15-8-6-14(7-9-15)16-10-18(22)25-19-17(16)12-23(20(19)24)11-13-4-2-1-3-5-13/h1-10,16H,11-12,22H2. The maximum atomic E-state index is 13.2. The molecule has 25 heavy (non-hydrogen) atoms. The first-order valence-corrected chi connectivity index (χ1v) is 8.08. The number of halogens is 1. The Balaban J connectivity index is 1.63. The van der Waals surface area contributed by atoms with Crippen LogP contribution in [0.1, 0.15) is 17.0 Å². The highest BCUT2D eigenvalue weighted by Crippen LogP contribution is 2.38. The van der Waals surface area contributed by atoms with E-state index in [0.29, 0.717) is 18.8 Å². The van der Waals surface area contributed by atoms with Crippen LogP contribution in [0.5, 0.6) is 0 Å². The highest BCUT2D eigenvalue weighted by molar-refractivity contribution is 5.96. The van der Waals surface area contributed by atoms with Gasteiger partial charge in [0.25, 0.3) is 5.91 Å². The lowest BCUT2D eigenvalue weighted by Crippen LogP contribution is -2.27. The first-order chi connectivity index (χ1) is 12.1. The summed E-state index contributed by atoms with van der Waals surface area (Å²) in [4.78, 5) is 14.5. The van der Waals surface area contributed by atoms with E-state index in [1.165, 1.54) is 12.1 Å². The third-order valence-electron chi connectivity index (χ3n) is 4.51. The molecule has 0 saturated heterocycles. The van der Waals surface area contributed by atoms with Crippen LogP contribution in [-0.2, 0) is 16.1 Å². The van der Waals surface area contributed by atoms with E-state index >= 15 is 0 Å². The van der Waals surface area contributed by atoms with Gasteiger partial charge in [-0.05, 0) is 29.3 Å². The fourth-order valence-electron chi connectivity index (χ4n) is 3.29. The molecular formula is C20H17FN2O2. The summed E-state index contributed by atoms with van der Waals surface area (Å²) >= 11 is 0. The number of carbonyl (C=O) groups excluding carboxylic acids is 1. The number of rotatable bonds is 3. The summed E-state index contributed by atoms with van der Waals surface area (Å²) in [5, 5.41) is 0. The van der Waals surface area contributed by atoms with E-state index in [0.717, 1.165) is 16.7 Å². The maximum absolute atomic E-state index is 13.2. The van der Waals surface area contributed by atoms with Gasteiger partial charge in [-0.15, -0.1) is 0 Å².